The van der Waals surface area contributed by atoms with Crippen molar-refractivity contribution in [1.82, 2.24) is 0 Å². The predicted molar refractivity (Wildman–Crippen MR) is 69.7 cm³/mol. The minimum atomic E-state index is -0.515. The van der Waals surface area contributed by atoms with E-state index < -0.39 is 6.23 Å². The quantitative estimate of drug-likeness (QED) is 0.600. The van der Waals surface area contributed by atoms with E-state index in [2.05, 4.69) is 0 Å². The Labute approximate surface area is 112 Å². The summed E-state index contributed by atoms with van der Waals surface area (Å²) in [6.07, 6.45) is -0.515. The van der Waals surface area contributed by atoms with Gasteiger partial charge in [0.1, 0.15) is 5.75 Å². The van der Waals surface area contributed by atoms with E-state index in [1.807, 2.05) is 13.8 Å². The topological polar surface area (TPSA) is 55.8 Å². The minimum Gasteiger partial charge on any atom is -0.497 e. The van der Waals surface area contributed by atoms with Crippen LogP contribution in [-0.4, -0.2) is 25.7 Å². The lowest BCUT2D eigenvalue weighted by molar-refractivity contribution is -0.155. The normalized spacial score (nSPS) is 22.1. The Morgan fingerprint density at radius 3 is 2.37 bits per heavy atom. The molecule has 19 heavy (non-hydrogen) atoms. The second-order valence-corrected chi connectivity index (χ2v) is 4.80. The van der Waals surface area contributed by atoms with Crippen LogP contribution >= 0.6 is 0 Å². The lowest BCUT2D eigenvalue weighted by Gasteiger charge is -2.46. The van der Waals surface area contributed by atoms with Gasteiger partial charge >= 0.3 is 0 Å². The highest BCUT2D eigenvalue weighted by molar-refractivity contribution is 6.02. The van der Waals surface area contributed by atoms with Gasteiger partial charge in [-0.2, -0.15) is 0 Å². The summed E-state index contributed by atoms with van der Waals surface area (Å²) in [5.41, 5.74) is 0.703. The van der Waals surface area contributed by atoms with E-state index in [-0.39, 0.29) is 17.7 Å². The summed E-state index contributed by atoms with van der Waals surface area (Å²) in [6, 6.07) is 7.08. The molecule has 0 unspecified atom stereocenters. The number of ether oxygens (including phenoxy) is 2. The van der Waals surface area contributed by atoms with Crippen molar-refractivity contribution in [1.29, 1.82) is 0 Å². The molecule has 1 amide bonds. The molecule has 0 spiro atoms. The van der Waals surface area contributed by atoms with Gasteiger partial charge in [-0.3, -0.25) is 14.5 Å². The fourth-order valence-electron chi connectivity index (χ4n) is 2.32. The molecule has 2 atom stereocenters. The monoisotopic (exact) mass is 263 g/mol. The van der Waals surface area contributed by atoms with Crippen molar-refractivity contribution in [3.63, 3.8) is 0 Å². The van der Waals surface area contributed by atoms with Crippen LogP contribution in [0.4, 0.5) is 5.69 Å². The predicted octanol–water partition coefficient (Wildman–Crippen LogP) is 1.81. The lowest BCUT2D eigenvalue weighted by Crippen LogP contribution is -2.64. The Hall–Kier alpha value is -2.04. The van der Waals surface area contributed by atoms with Gasteiger partial charge in [0, 0.05) is 5.69 Å². The molecule has 1 fully saturated rings. The molecule has 102 valence electrons. The van der Waals surface area contributed by atoms with Crippen LogP contribution in [-0.2, 0) is 14.3 Å². The lowest BCUT2D eigenvalue weighted by atomic mass is 9.84. The zero-order valence-corrected chi connectivity index (χ0v) is 11.2. The van der Waals surface area contributed by atoms with Crippen molar-refractivity contribution in [2.75, 3.05) is 12.0 Å². The van der Waals surface area contributed by atoms with Crippen LogP contribution in [0.15, 0.2) is 24.3 Å². The third kappa shape index (κ3) is 2.28. The molecule has 0 aromatic heterocycles. The summed E-state index contributed by atoms with van der Waals surface area (Å²) in [4.78, 5) is 24.2. The standard InChI is InChI=1S/C14H17NO4/c1-9(2)12-13(17)15(14(12)19-8-16)10-4-6-11(18-3)7-5-10/h4-9,12,14H,1-3H3/t12-,14+/m0/s1. The van der Waals surface area contributed by atoms with Gasteiger partial charge in [0.25, 0.3) is 6.47 Å². The van der Waals surface area contributed by atoms with Crippen molar-refractivity contribution < 1.29 is 19.1 Å². The maximum Gasteiger partial charge on any atom is 0.295 e. The summed E-state index contributed by atoms with van der Waals surface area (Å²) in [7, 11) is 1.58. The van der Waals surface area contributed by atoms with Crippen LogP contribution in [0.25, 0.3) is 0 Å². The van der Waals surface area contributed by atoms with Crippen LogP contribution in [0.3, 0.4) is 0 Å². The van der Waals surface area contributed by atoms with Crippen LogP contribution in [0.2, 0.25) is 0 Å². The van der Waals surface area contributed by atoms with E-state index in [9.17, 15) is 9.59 Å². The van der Waals surface area contributed by atoms with Gasteiger partial charge in [0.05, 0.1) is 13.0 Å². The number of methoxy groups -OCH3 is 1. The Balaban J connectivity index is 2.22. The zero-order valence-electron chi connectivity index (χ0n) is 11.2. The second-order valence-electron chi connectivity index (χ2n) is 4.80. The van der Waals surface area contributed by atoms with Gasteiger partial charge in [0.2, 0.25) is 5.91 Å². The molecule has 1 aromatic carbocycles. The van der Waals surface area contributed by atoms with Crippen molar-refractivity contribution >= 4 is 18.1 Å². The first-order chi connectivity index (χ1) is 9.10. The number of rotatable bonds is 5. The van der Waals surface area contributed by atoms with E-state index in [4.69, 9.17) is 9.47 Å². The highest BCUT2D eigenvalue weighted by Gasteiger charge is 2.51. The first kappa shape index (κ1) is 13.4. The molecule has 0 bridgehead atoms. The molecule has 1 aromatic rings. The molecule has 0 saturated carbocycles. The number of β-lactam (4-membered cyclic amide) rings is 1. The van der Waals surface area contributed by atoms with E-state index in [0.717, 1.165) is 0 Å². The molecule has 2 rings (SSSR count). The van der Waals surface area contributed by atoms with Gasteiger partial charge in [0.15, 0.2) is 6.23 Å². The first-order valence-electron chi connectivity index (χ1n) is 6.16. The summed E-state index contributed by atoms with van der Waals surface area (Å²) >= 11 is 0. The minimum absolute atomic E-state index is 0.0213. The molecule has 5 heteroatoms. The van der Waals surface area contributed by atoms with Crippen LogP contribution in [0, 0.1) is 11.8 Å². The first-order valence-corrected chi connectivity index (χ1v) is 6.16. The molecular formula is C14H17NO4. The van der Waals surface area contributed by atoms with Crippen LogP contribution < -0.4 is 9.64 Å². The molecule has 0 radical (unpaired) electrons. The maximum absolute atomic E-state index is 12.1. The number of benzene rings is 1. The molecule has 1 aliphatic rings. The Kier molecular flexibility index (Phi) is 3.74. The second kappa shape index (κ2) is 5.30. The SMILES string of the molecule is COc1ccc(N2C(=O)[C@H](C(C)C)[C@H]2OC=O)cc1. The molecule has 1 saturated heterocycles. The van der Waals surface area contributed by atoms with Crippen LogP contribution in [0.1, 0.15) is 13.8 Å². The van der Waals surface area contributed by atoms with Crippen molar-refractivity contribution in [3.8, 4) is 5.75 Å². The third-order valence-corrected chi connectivity index (χ3v) is 3.35. The van der Waals surface area contributed by atoms with Gasteiger partial charge < -0.3 is 9.47 Å². The molecule has 5 nitrogen and oxygen atoms in total. The van der Waals surface area contributed by atoms with Crippen molar-refractivity contribution in [2.24, 2.45) is 11.8 Å². The van der Waals surface area contributed by atoms with E-state index in [0.29, 0.717) is 17.9 Å². The summed E-state index contributed by atoms with van der Waals surface area (Å²) in [5, 5.41) is 0. The number of hydrogen-bond donors (Lipinski definition) is 0. The number of hydrogen-bond acceptors (Lipinski definition) is 4. The summed E-state index contributed by atoms with van der Waals surface area (Å²) in [6.45, 7) is 4.27. The fraction of sp³-hybridized carbons (Fsp3) is 0.429. The molecule has 0 N–H and O–H groups in total. The average molecular weight is 263 g/mol. The Morgan fingerprint density at radius 2 is 1.89 bits per heavy atom. The number of anilines is 1. The van der Waals surface area contributed by atoms with Gasteiger partial charge in [-0.25, -0.2) is 0 Å². The highest BCUT2D eigenvalue weighted by Crippen LogP contribution is 2.37. The molecule has 1 heterocycles. The van der Waals surface area contributed by atoms with Gasteiger partial charge in [-0.05, 0) is 30.2 Å². The van der Waals surface area contributed by atoms with Crippen LogP contribution in [0.5, 0.6) is 5.75 Å². The maximum atomic E-state index is 12.1. The largest absolute Gasteiger partial charge is 0.497 e. The fourth-order valence-corrected chi connectivity index (χ4v) is 2.32. The van der Waals surface area contributed by atoms with Gasteiger partial charge in [-0.1, -0.05) is 13.8 Å². The number of carbonyl (C=O) groups is 2. The smallest absolute Gasteiger partial charge is 0.295 e. The summed E-state index contributed by atoms with van der Waals surface area (Å²) in [5.74, 6) is 0.552. The molecule has 0 aliphatic carbocycles. The Bertz CT molecular complexity index is 469. The van der Waals surface area contributed by atoms with Crippen molar-refractivity contribution in [3.05, 3.63) is 24.3 Å². The van der Waals surface area contributed by atoms with E-state index >= 15 is 0 Å². The average Bonchev–Trinajstić information content (AvgIpc) is 2.39. The molecular weight excluding hydrogens is 246 g/mol. The van der Waals surface area contributed by atoms with Crippen molar-refractivity contribution in [2.45, 2.75) is 20.1 Å². The highest BCUT2D eigenvalue weighted by atomic mass is 16.5. The Morgan fingerprint density at radius 1 is 1.26 bits per heavy atom. The zero-order chi connectivity index (χ0) is 14.0. The number of nitrogens with zero attached hydrogens (tertiary/aromatic N) is 1. The summed E-state index contributed by atoms with van der Waals surface area (Å²) < 4.78 is 10.1. The molecule has 1 aliphatic heterocycles. The number of carbonyl (C=O) groups excluding carboxylic acids is 2. The third-order valence-electron chi connectivity index (χ3n) is 3.35. The van der Waals surface area contributed by atoms with E-state index in [1.165, 1.54) is 4.90 Å². The van der Waals surface area contributed by atoms with E-state index in [1.54, 1.807) is 31.4 Å². The van der Waals surface area contributed by atoms with Gasteiger partial charge in [-0.15, -0.1) is 0 Å². The number of amides is 1.